The Morgan fingerprint density at radius 2 is 1.79 bits per heavy atom. The minimum atomic E-state index is 0.637. The van der Waals surface area contributed by atoms with Crippen LogP contribution in [-0.4, -0.2) is 50.4 Å². The Morgan fingerprint density at radius 3 is 2.46 bits per heavy atom. The van der Waals surface area contributed by atoms with E-state index in [9.17, 15) is 0 Å². The second-order valence-corrected chi connectivity index (χ2v) is 6.47. The van der Waals surface area contributed by atoms with Crippen LogP contribution in [0, 0.1) is 0 Å². The average Bonchev–Trinajstić information content (AvgIpc) is 2.87. The molecule has 0 unspecified atom stereocenters. The fourth-order valence-corrected chi connectivity index (χ4v) is 3.17. The minimum Gasteiger partial charge on any atom is -0.493 e. The van der Waals surface area contributed by atoms with E-state index in [4.69, 9.17) is 21.7 Å². The molecule has 1 heterocycles. The van der Waals surface area contributed by atoms with E-state index in [2.05, 4.69) is 15.5 Å². The van der Waals surface area contributed by atoms with E-state index in [0.29, 0.717) is 16.6 Å². The molecule has 0 atom stereocenters. The summed E-state index contributed by atoms with van der Waals surface area (Å²) in [5.41, 5.74) is 0.887. The van der Waals surface area contributed by atoms with Gasteiger partial charge in [-0.1, -0.05) is 12.8 Å². The molecule has 0 aliphatic carbocycles. The van der Waals surface area contributed by atoms with Crippen LogP contribution in [0.4, 0.5) is 5.69 Å². The molecule has 0 saturated carbocycles. The number of anilines is 1. The monoisotopic (exact) mass is 351 g/mol. The molecule has 1 aliphatic rings. The quantitative estimate of drug-likeness (QED) is 0.581. The van der Waals surface area contributed by atoms with Crippen molar-refractivity contribution in [3.8, 4) is 11.5 Å². The van der Waals surface area contributed by atoms with E-state index >= 15 is 0 Å². The van der Waals surface area contributed by atoms with Crippen LogP contribution in [-0.2, 0) is 0 Å². The van der Waals surface area contributed by atoms with E-state index in [1.54, 1.807) is 14.2 Å². The first-order chi connectivity index (χ1) is 11.7. The Labute approximate surface area is 150 Å². The lowest BCUT2D eigenvalue weighted by molar-refractivity contribution is 0.282. The Hall–Kier alpha value is -1.53. The van der Waals surface area contributed by atoms with Crippen LogP contribution in [0.1, 0.15) is 32.1 Å². The lowest BCUT2D eigenvalue weighted by atomic mass is 10.2. The Balaban J connectivity index is 1.69. The molecular weight excluding hydrogens is 322 g/mol. The zero-order valence-electron chi connectivity index (χ0n) is 14.8. The highest BCUT2D eigenvalue weighted by Crippen LogP contribution is 2.29. The fraction of sp³-hybridized carbons (Fsp3) is 0.611. The topological polar surface area (TPSA) is 45.8 Å². The van der Waals surface area contributed by atoms with Gasteiger partial charge in [0.15, 0.2) is 16.6 Å². The van der Waals surface area contributed by atoms with Gasteiger partial charge in [-0.2, -0.15) is 0 Å². The summed E-state index contributed by atoms with van der Waals surface area (Å²) >= 11 is 5.36. The second-order valence-electron chi connectivity index (χ2n) is 6.06. The van der Waals surface area contributed by atoms with Crippen molar-refractivity contribution < 1.29 is 9.47 Å². The van der Waals surface area contributed by atoms with Gasteiger partial charge < -0.3 is 25.0 Å². The smallest absolute Gasteiger partial charge is 0.170 e. The van der Waals surface area contributed by atoms with Crippen molar-refractivity contribution in [1.82, 2.24) is 10.2 Å². The number of nitrogens with zero attached hydrogens (tertiary/aromatic N) is 1. The van der Waals surface area contributed by atoms with Crippen molar-refractivity contribution in [1.29, 1.82) is 0 Å². The summed E-state index contributed by atoms with van der Waals surface area (Å²) in [5, 5.41) is 7.10. The predicted molar refractivity (Wildman–Crippen MR) is 103 cm³/mol. The van der Waals surface area contributed by atoms with Gasteiger partial charge in [0.2, 0.25) is 0 Å². The average molecular weight is 352 g/mol. The van der Waals surface area contributed by atoms with Crippen LogP contribution >= 0.6 is 12.2 Å². The van der Waals surface area contributed by atoms with E-state index in [-0.39, 0.29) is 0 Å². The lowest BCUT2D eigenvalue weighted by Gasteiger charge is -2.20. The van der Waals surface area contributed by atoms with Gasteiger partial charge in [-0.3, -0.25) is 0 Å². The van der Waals surface area contributed by atoms with Crippen molar-refractivity contribution in [2.45, 2.75) is 32.1 Å². The third-order valence-electron chi connectivity index (χ3n) is 4.28. The Kier molecular flexibility index (Phi) is 8.12. The zero-order valence-corrected chi connectivity index (χ0v) is 15.6. The van der Waals surface area contributed by atoms with Crippen LogP contribution in [0.2, 0.25) is 0 Å². The summed E-state index contributed by atoms with van der Waals surface area (Å²) in [6.45, 7) is 4.52. The first kappa shape index (κ1) is 18.8. The zero-order chi connectivity index (χ0) is 17.2. The minimum absolute atomic E-state index is 0.637. The summed E-state index contributed by atoms with van der Waals surface area (Å²) in [7, 11) is 3.25. The standard InChI is InChI=1S/C18H29N3O2S/c1-22-16-9-8-15(14-17(16)23-2)20-18(24)19-10-7-13-21-11-5-3-4-6-12-21/h8-9,14H,3-7,10-13H2,1-2H3,(H2,19,20,24). The summed E-state index contributed by atoms with van der Waals surface area (Å²) in [5.74, 6) is 1.39. The third kappa shape index (κ3) is 6.17. The maximum absolute atomic E-state index is 5.36. The van der Waals surface area contributed by atoms with Gasteiger partial charge in [-0.25, -0.2) is 0 Å². The molecule has 0 radical (unpaired) electrons. The number of thiocarbonyl (C=S) groups is 1. The molecule has 134 valence electrons. The van der Waals surface area contributed by atoms with Gasteiger partial charge in [-0.05, 0) is 63.2 Å². The third-order valence-corrected chi connectivity index (χ3v) is 4.52. The number of nitrogens with one attached hydrogen (secondary N) is 2. The number of likely N-dealkylation sites (tertiary alicyclic amines) is 1. The van der Waals surface area contributed by atoms with Crippen molar-refractivity contribution >= 4 is 23.0 Å². The first-order valence-electron chi connectivity index (χ1n) is 8.72. The van der Waals surface area contributed by atoms with Crippen LogP contribution in [0.5, 0.6) is 11.5 Å². The molecule has 1 saturated heterocycles. The molecule has 1 aromatic carbocycles. The molecule has 1 aromatic rings. The van der Waals surface area contributed by atoms with Crippen molar-refractivity contribution in [2.24, 2.45) is 0 Å². The van der Waals surface area contributed by atoms with E-state index in [0.717, 1.165) is 25.2 Å². The number of hydrogen-bond acceptors (Lipinski definition) is 4. The molecule has 0 amide bonds. The van der Waals surface area contributed by atoms with Gasteiger partial charge in [0.1, 0.15) is 0 Å². The normalized spacial score (nSPS) is 15.4. The highest BCUT2D eigenvalue weighted by molar-refractivity contribution is 7.80. The molecule has 2 N–H and O–H groups in total. The van der Waals surface area contributed by atoms with Gasteiger partial charge >= 0.3 is 0 Å². The highest BCUT2D eigenvalue weighted by atomic mass is 32.1. The van der Waals surface area contributed by atoms with Crippen molar-refractivity contribution in [3.05, 3.63) is 18.2 Å². The largest absolute Gasteiger partial charge is 0.493 e. The van der Waals surface area contributed by atoms with Crippen LogP contribution in [0.25, 0.3) is 0 Å². The van der Waals surface area contributed by atoms with E-state index in [1.165, 1.54) is 38.8 Å². The highest BCUT2D eigenvalue weighted by Gasteiger charge is 2.08. The number of ether oxygens (including phenoxy) is 2. The number of hydrogen-bond donors (Lipinski definition) is 2. The molecular formula is C18H29N3O2S. The predicted octanol–water partition coefficient (Wildman–Crippen LogP) is 3.26. The maximum atomic E-state index is 5.36. The van der Waals surface area contributed by atoms with Crippen molar-refractivity contribution in [2.75, 3.05) is 45.7 Å². The number of rotatable bonds is 7. The fourth-order valence-electron chi connectivity index (χ4n) is 2.95. The molecule has 6 heteroatoms. The van der Waals surface area contributed by atoms with E-state index < -0.39 is 0 Å². The summed E-state index contributed by atoms with van der Waals surface area (Å²) in [4.78, 5) is 2.57. The van der Waals surface area contributed by atoms with Gasteiger partial charge in [0, 0.05) is 18.3 Å². The van der Waals surface area contributed by atoms with Gasteiger partial charge in [0.05, 0.1) is 14.2 Å². The molecule has 0 bridgehead atoms. The molecule has 2 rings (SSSR count). The van der Waals surface area contributed by atoms with Gasteiger partial charge in [0.25, 0.3) is 0 Å². The number of methoxy groups -OCH3 is 2. The number of benzene rings is 1. The Morgan fingerprint density at radius 1 is 1.08 bits per heavy atom. The van der Waals surface area contributed by atoms with Crippen LogP contribution in [0.3, 0.4) is 0 Å². The van der Waals surface area contributed by atoms with Gasteiger partial charge in [-0.15, -0.1) is 0 Å². The molecule has 1 aliphatic heterocycles. The molecule has 0 spiro atoms. The van der Waals surface area contributed by atoms with Crippen molar-refractivity contribution in [3.63, 3.8) is 0 Å². The van der Waals surface area contributed by atoms with Crippen LogP contribution in [0.15, 0.2) is 18.2 Å². The first-order valence-corrected chi connectivity index (χ1v) is 9.13. The molecule has 1 fully saturated rings. The lowest BCUT2D eigenvalue weighted by Crippen LogP contribution is -2.32. The molecule has 0 aromatic heterocycles. The summed E-state index contributed by atoms with van der Waals surface area (Å²) < 4.78 is 10.5. The SMILES string of the molecule is COc1ccc(NC(=S)NCCCN2CCCCCC2)cc1OC. The van der Waals surface area contributed by atoms with Crippen LogP contribution < -0.4 is 20.1 Å². The second kappa shape index (κ2) is 10.4. The summed E-state index contributed by atoms with van der Waals surface area (Å²) in [6, 6.07) is 5.67. The Bertz CT molecular complexity index is 517. The van der Waals surface area contributed by atoms with E-state index in [1.807, 2.05) is 18.2 Å². The molecule has 5 nitrogen and oxygen atoms in total. The summed E-state index contributed by atoms with van der Waals surface area (Å²) in [6.07, 6.45) is 6.55. The maximum Gasteiger partial charge on any atom is 0.170 e. The molecule has 24 heavy (non-hydrogen) atoms.